The molecule has 2 aromatic heterocycles. The average Bonchev–Trinajstić information content (AvgIpc) is 3.03. The van der Waals surface area contributed by atoms with E-state index in [9.17, 15) is 4.79 Å². The molecule has 0 N–H and O–H groups in total. The molecule has 0 spiro atoms. The van der Waals surface area contributed by atoms with Crippen LogP contribution in [0.4, 0.5) is 0 Å². The SMILES string of the molecule is CCn1c(=O)n(Cc2nnc(SC)s2)c2ccccc21. The zero-order valence-electron chi connectivity index (χ0n) is 11.2. The molecule has 2 heterocycles. The molecule has 3 aromatic rings. The molecule has 0 unspecified atom stereocenters. The van der Waals surface area contributed by atoms with Crippen LogP contribution in [0.1, 0.15) is 11.9 Å². The number of benzene rings is 1. The first kappa shape index (κ1) is 13.4. The topological polar surface area (TPSA) is 52.7 Å². The molecule has 0 aliphatic heterocycles. The number of aromatic nitrogens is 4. The zero-order valence-corrected chi connectivity index (χ0v) is 12.9. The molecule has 0 atom stereocenters. The summed E-state index contributed by atoms with van der Waals surface area (Å²) in [5.41, 5.74) is 1.92. The predicted molar refractivity (Wildman–Crippen MR) is 82.7 cm³/mol. The maximum Gasteiger partial charge on any atom is 0.329 e. The molecule has 7 heteroatoms. The van der Waals surface area contributed by atoms with E-state index in [2.05, 4.69) is 10.2 Å². The second-order valence-corrected chi connectivity index (χ2v) is 6.38. The minimum Gasteiger partial charge on any atom is -0.292 e. The van der Waals surface area contributed by atoms with Crippen molar-refractivity contribution >= 4 is 34.1 Å². The second kappa shape index (κ2) is 5.41. The summed E-state index contributed by atoms with van der Waals surface area (Å²) < 4.78 is 4.47. The van der Waals surface area contributed by atoms with E-state index >= 15 is 0 Å². The fourth-order valence-electron chi connectivity index (χ4n) is 2.25. The summed E-state index contributed by atoms with van der Waals surface area (Å²) >= 11 is 3.10. The van der Waals surface area contributed by atoms with Crippen LogP contribution in [0, 0.1) is 0 Å². The third kappa shape index (κ3) is 2.16. The van der Waals surface area contributed by atoms with Crippen molar-refractivity contribution in [2.75, 3.05) is 6.26 Å². The fraction of sp³-hybridized carbons (Fsp3) is 0.308. The van der Waals surface area contributed by atoms with Gasteiger partial charge in [-0.2, -0.15) is 0 Å². The van der Waals surface area contributed by atoms with Gasteiger partial charge in [-0.15, -0.1) is 10.2 Å². The molecule has 0 saturated carbocycles. The predicted octanol–water partition coefficient (Wildman–Crippen LogP) is 2.44. The molecule has 104 valence electrons. The molecular formula is C13H14N4OS2. The lowest BCUT2D eigenvalue weighted by Crippen LogP contribution is -2.24. The maximum atomic E-state index is 12.5. The van der Waals surface area contributed by atoms with E-state index in [1.165, 1.54) is 11.3 Å². The smallest absolute Gasteiger partial charge is 0.292 e. The number of hydrogen-bond donors (Lipinski definition) is 0. The number of thioether (sulfide) groups is 1. The Labute approximate surface area is 124 Å². The lowest BCUT2D eigenvalue weighted by Gasteiger charge is -1.98. The highest BCUT2D eigenvalue weighted by Gasteiger charge is 2.13. The lowest BCUT2D eigenvalue weighted by molar-refractivity contribution is 0.679. The van der Waals surface area contributed by atoms with Crippen molar-refractivity contribution in [2.45, 2.75) is 24.4 Å². The van der Waals surface area contributed by atoms with Crippen molar-refractivity contribution in [1.82, 2.24) is 19.3 Å². The van der Waals surface area contributed by atoms with Gasteiger partial charge in [-0.25, -0.2) is 4.79 Å². The van der Waals surface area contributed by atoms with E-state index in [0.29, 0.717) is 13.1 Å². The van der Waals surface area contributed by atoms with E-state index in [-0.39, 0.29) is 5.69 Å². The minimum atomic E-state index is 0.00889. The van der Waals surface area contributed by atoms with Gasteiger partial charge in [0.25, 0.3) is 0 Å². The van der Waals surface area contributed by atoms with Gasteiger partial charge in [0, 0.05) is 6.54 Å². The highest BCUT2D eigenvalue weighted by atomic mass is 32.2. The van der Waals surface area contributed by atoms with Crippen LogP contribution in [0.3, 0.4) is 0 Å². The van der Waals surface area contributed by atoms with Gasteiger partial charge in [0.15, 0.2) is 4.34 Å². The van der Waals surface area contributed by atoms with Gasteiger partial charge in [-0.3, -0.25) is 9.13 Å². The summed E-state index contributed by atoms with van der Waals surface area (Å²) in [7, 11) is 0. The highest BCUT2D eigenvalue weighted by Crippen LogP contribution is 2.21. The van der Waals surface area contributed by atoms with Crippen molar-refractivity contribution < 1.29 is 0 Å². The van der Waals surface area contributed by atoms with Crippen molar-refractivity contribution in [3.05, 3.63) is 39.8 Å². The summed E-state index contributed by atoms with van der Waals surface area (Å²) in [4.78, 5) is 12.5. The zero-order chi connectivity index (χ0) is 14.1. The van der Waals surface area contributed by atoms with Gasteiger partial charge in [0.05, 0.1) is 17.6 Å². The average molecular weight is 306 g/mol. The standard InChI is InChI=1S/C13H14N4OS2/c1-3-16-9-6-4-5-7-10(9)17(13(16)18)8-11-14-15-12(19-2)20-11/h4-7H,3,8H2,1-2H3. The fourth-order valence-corrected chi connectivity index (χ4v) is 3.55. The molecule has 0 fully saturated rings. The van der Waals surface area contributed by atoms with Crippen LogP contribution < -0.4 is 5.69 Å². The third-order valence-electron chi connectivity index (χ3n) is 3.16. The Bertz CT molecular complexity index is 802. The second-order valence-electron chi connectivity index (χ2n) is 4.27. The number of nitrogens with zero attached hydrogens (tertiary/aromatic N) is 4. The Kier molecular flexibility index (Phi) is 3.62. The first-order valence-electron chi connectivity index (χ1n) is 6.29. The van der Waals surface area contributed by atoms with Crippen LogP contribution in [0.2, 0.25) is 0 Å². The molecule has 20 heavy (non-hydrogen) atoms. The van der Waals surface area contributed by atoms with Crippen LogP contribution >= 0.6 is 23.1 Å². The summed E-state index contributed by atoms with van der Waals surface area (Å²) in [6.07, 6.45) is 1.97. The summed E-state index contributed by atoms with van der Waals surface area (Å²) in [5, 5.41) is 9.08. The van der Waals surface area contributed by atoms with Crippen molar-refractivity contribution in [2.24, 2.45) is 0 Å². The Morgan fingerprint density at radius 3 is 2.50 bits per heavy atom. The largest absolute Gasteiger partial charge is 0.329 e. The molecule has 0 bridgehead atoms. The molecule has 0 aliphatic rings. The Balaban J connectivity index is 2.11. The van der Waals surface area contributed by atoms with Gasteiger partial charge in [0.2, 0.25) is 0 Å². The highest BCUT2D eigenvalue weighted by molar-refractivity contribution is 8.00. The third-order valence-corrected chi connectivity index (χ3v) is 5.04. The van der Waals surface area contributed by atoms with E-state index < -0.39 is 0 Å². The summed E-state index contributed by atoms with van der Waals surface area (Å²) in [6, 6.07) is 7.85. The molecule has 0 aliphatic carbocycles. The quantitative estimate of drug-likeness (QED) is 0.695. The van der Waals surface area contributed by atoms with Crippen LogP contribution in [0.15, 0.2) is 33.4 Å². The van der Waals surface area contributed by atoms with E-state index in [1.54, 1.807) is 20.9 Å². The molecule has 0 amide bonds. The van der Waals surface area contributed by atoms with E-state index in [0.717, 1.165) is 20.4 Å². The number of para-hydroxylation sites is 2. The molecule has 3 rings (SSSR count). The van der Waals surface area contributed by atoms with Crippen LogP contribution in [-0.2, 0) is 13.1 Å². The van der Waals surface area contributed by atoms with Crippen LogP contribution in [-0.4, -0.2) is 25.6 Å². The first-order chi connectivity index (χ1) is 9.74. The number of aryl methyl sites for hydroxylation is 1. The van der Waals surface area contributed by atoms with Crippen molar-refractivity contribution in [3.63, 3.8) is 0 Å². The van der Waals surface area contributed by atoms with Gasteiger partial charge < -0.3 is 0 Å². The van der Waals surface area contributed by atoms with Crippen molar-refractivity contribution in [3.8, 4) is 0 Å². The Morgan fingerprint density at radius 1 is 1.20 bits per heavy atom. The number of imidazole rings is 1. The lowest BCUT2D eigenvalue weighted by atomic mass is 10.3. The van der Waals surface area contributed by atoms with Gasteiger partial charge in [-0.05, 0) is 25.3 Å². The maximum absolute atomic E-state index is 12.5. The number of fused-ring (bicyclic) bond motifs is 1. The monoisotopic (exact) mass is 306 g/mol. The van der Waals surface area contributed by atoms with E-state index in [4.69, 9.17) is 0 Å². The summed E-state index contributed by atoms with van der Waals surface area (Å²) in [6.45, 7) is 3.12. The molecular weight excluding hydrogens is 292 g/mol. The van der Waals surface area contributed by atoms with Crippen molar-refractivity contribution in [1.29, 1.82) is 0 Å². The Morgan fingerprint density at radius 2 is 1.90 bits per heavy atom. The molecule has 0 radical (unpaired) electrons. The minimum absolute atomic E-state index is 0.00889. The van der Waals surface area contributed by atoms with E-state index in [1.807, 2.05) is 37.4 Å². The van der Waals surface area contributed by atoms with Crippen LogP contribution in [0.25, 0.3) is 11.0 Å². The molecule has 1 aromatic carbocycles. The van der Waals surface area contributed by atoms with Gasteiger partial charge >= 0.3 is 5.69 Å². The summed E-state index contributed by atoms with van der Waals surface area (Å²) in [5.74, 6) is 0. The molecule has 5 nitrogen and oxygen atoms in total. The van der Waals surface area contributed by atoms with Gasteiger partial charge in [0.1, 0.15) is 5.01 Å². The van der Waals surface area contributed by atoms with Gasteiger partial charge in [-0.1, -0.05) is 35.2 Å². The number of rotatable bonds is 4. The first-order valence-corrected chi connectivity index (χ1v) is 8.33. The Hall–Kier alpha value is -1.60. The van der Waals surface area contributed by atoms with Crippen LogP contribution in [0.5, 0.6) is 0 Å². The normalized spacial score (nSPS) is 11.3. The molecule has 0 saturated heterocycles. The number of hydrogen-bond acceptors (Lipinski definition) is 5.